The zero-order chi connectivity index (χ0) is 28.2. The number of nitrogens with two attached hydrogens (primary N) is 1. The second-order valence-electron chi connectivity index (χ2n) is 9.49. The predicted octanol–water partition coefficient (Wildman–Crippen LogP) is 1.98. The topological polar surface area (TPSA) is 154 Å². The maximum absolute atomic E-state index is 12.4. The highest BCUT2D eigenvalue weighted by Gasteiger charge is 2.18. The molecule has 1 unspecified atom stereocenters. The van der Waals surface area contributed by atoms with Gasteiger partial charge in [-0.15, -0.1) is 0 Å². The molecule has 0 fully saturated rings. The molecule has 3 amide bonds. The van der Waals surface area contributed by atoms with Crippen molar-refractivity contribution in [1.29, 1.82) is 0 Å². The molecule has 0 aliphatic carbocycles. The number of likely N-dealkylation sites (N-methyl/N-ethyl adjacent to an activating group) is 1. The van der Waals surface area contributed by atoms with Crippen LogP contribution in [0.25, 0.3) is 0 Å². The van der Waals surface area contributed by atoms with Gasteiger partial charge in [-0.3, -0.25) is 14.4 Å². The predicted molar refractivity (Wildman–Crippen MR) is 150 cm³/mol. The van der Waals surface area contributed by atoms with E-state index in [4.69, 9.17) is 5.73 Å². The summed E-state index contributed by atoms with van der Waals surface area (Å²) < 4.78 is 0. The van der Waals surface area contributed by atoms with Crippen LogP contribution in [0.15, 0.2) is 36.4 Å². The molecule has 2 aromatic rings. The lowest BCUT2D eigenvalue weighted by Gasteiger charge is -2.17. The normalized spacial score (nSPS) is 12.0. The SMILES string of the molecule is CCc1nc(C(N)=O)c(Nc2cccc(CCNC(=O)C(C)NC(=O)/C=C/CN(C)C)c2)nc1NC(C)C. The summed E-state index contributed by atoms with van der Waals surface area (Å²) in [5.74, 6) is -0.378. The first-order valence-corrected chi connectivity index (χ1v) is 12.7. The molecule has 0 spiro atoms. The summed E-state index contributed by atoms with van der Waals surface area (Å²) in [6, 6.07) is 7.03. The van der Waals surface area contributed by atoms with Crippen LogP contribution in [-0.4, -0.2) is 71.9 Å². The van der Waals surface area contributed by atoms with Crippen LogP contribution in [0.5, 0.6) is 0 Å². The van der Waals surface area contributed by atoms with Gasteiger partial charge in [0.15, 0.2) is 11.5 Å². The van der Waals surface area contributed by atoms with Gasteiger partial charge in [0.2, 0.25) is 11.8 Å². The van der Waals surface area contributed by atoms with Crippen molar-refractivity contribution in [1.82, 2.24) is 25.5 Å². The molecule has 0 saturated heterocycles. The van der Waals surface area contributed by atoms with Gasteiger partial charge in [-0.05, 0) is 65.4 Å². The summed E-state index contributed by atoms with van der Waals surface area (Å²) in [4.78, 5) is 47.4. The molecule has 1 aromatic heterocycles. The minimum atomic E-state index is -0.668. The fourth-order valence-electron chi connectivity index (χ4n) is 3.49. The largest absolute Gasteiger partial charge is 0.366 e. The fourth-order valence-corrected chi connectivity index (χ4v) is 3.49. The van der Waals surface area contributed by atoms with E-state index in [0.29, 0.717) is 43.1 Å². The Hall–Kier alpha value is -3.99. The molecule has 1 heterocycles. The van der Waals surface area contributed by atoms with Crippen LogP contribution in [0, 0.1) is 0 Å². The molecule has 0 radical (unpaired) electrons. The fraction of sp³-hybridized carbons (Fsp3) is 0.444. The second-order valence-corrected chi connectivity index (χ2v) is 9.49. The summed E-state index contributed by atoms with van der Waals surface area (Å²) in [6.07, 6.45) is 4.32. The van der Waals surface area contributed by atoms with E-state index in [1.165, 1.54) is 6.08 Å². The van der Waals surface area contributed by atoms with E-state index in [1.807, 2.05) is 64.0 Å². The smallest absolute Gasteiger partial charge is 0.271 e. The van der Waals surface area contributed by atoms with Crippen LogP contribution in [0.4, 0.5) is 17.3 Å². The Bertz CT molecular complexity index is 1150. The Morgan fingerprint density at radius 3 is 2.47 bits per heavy atom. The van der Waals surface area contributed by atoms with Gasteiger partial charge in [0, 0.05) is 30.9 Å². The Morgan fingerprint density at radius 1 is 1.11 bits per heavy atom. The lowest BCUT2D eigenvalue weighted by molar-refractivity contribution is -0.126. The molecule has 206 valence electrons. The van der Waals surface area contributed by atoms with E-state index in [9.17, 15) is 14.4 Å². The Labute approximate surface area is 224 Å². The zero-order valence-electron chi connectivity index (χ0n) is 23.1. The van der Waals surface area contributed by atoms with Crippen molar-refractivity contribution in [3.8, 4) is 0 Å². The number of hydrogen-bond donors (Lipinski definition) is 5. The van der Waals surface area contributed by atoms with E-state index in [1.54, 1.807) is 13.0 Å². The van der Waals surface area contributed by atoms with Crippen LogP contribution in [0.3, 0.4) is 0 Å². The highest BCUT2D eigenvalue weighted by Crippen LogP contribution is 2.23. The number of aromatic nitrogens is 2. The number of hydrogen-bond acceptors (Lipinski definition) is 8. The number of benzene rings is 1. The van der Waals surface area contributed by atoms with Gasteiger partial charge in [0.1, 0.15) is 11.9 Å². The van der Waals surface area contributed by atoms with Crippen LogP contribution in [0.2, 0.25) is 0 Å². The van der Waals surface area contributed by atoms with Crippen LogP contribution >= 0.6 is 0 Å². The van der Waals surface area contributed by atoms with Crippen molar-refractivity contribution >= 4 is 35.0 Å². The molecule has 0 aliphatic rings. The molecule has 11 nitrogen and oxygen atoms in total. The number of carbonyl (C=O) groups is 3. The maximum atomic E-state index is 12.4. The van der Waals surface area contributed by atoms with E-state index >= 15 is 0 Å². The number of aryl methyl sites for hydroxylation is 1. The molecule has 1 atom stereocenters. The van der Waals surface area contributed by atoms with E-state index in [-0.39, 0.29) is 29.4 Å². The van der Waals surface area contributed by atoms with Crippen molar-refractivity contribution in [2.75, 3.05) is 37.8 Å². The van der Waals surface area contributed by atoms with Gasteiger partial charge in [0.05, 0.1) is 5.69 Å². The van der Waals surface area contributed by atoms with Gasteiger partial charge < -0.3 is 31.9 Å². The van der Waals surface area contributed by atoms with E-state index in [0.717, 1.165) is 5.56 Å². The molecule has 11 heteroatoms. The number of nitrogens with zero attached hydrogens (tertiary/aromatic N) is 3. The van der Waals surface area contributed by atoms with Crippen molar-refractivity contribution in [3.63, 3.8) is 0 Å². The quantitative estimate of drug-likeness (QED) is 0.235. The first kappa shape index (κ1) is 30.2. The van der Waals surface area contributed by atoms with Gasteiger partial charge in [0.25, 0.3) is 5.91 Å². The zero-order valence-corrected chi connectivity index (χ0v) is 23.1. The Balaban J connectivity index is 2.02. The van der Waals surface area contributed by atoms with E-state index in [2.05, 4.69) is 31.2 Å². The highest BCUT2D eigenvalue weighted by molar-refractivity contribution is 5.96. The highest BCUT2D eigenvalue weighted by atomic mass is 16.2. The lowest BCUT2D eigenvalue weighted by Crippen LogP contribution is -2.44. The maximum Gasteiger partial charge on any atom is 0.271 e. The summed E-state index contributed by atoms with van der Waals surface area (Å²) in [7, 11) is 3.81. The van der Waals surface area contributed by atoms with E-state index < -0.39 is 11.9 Å². The summed E-state index contributed by atoms with van der Waals surface area (Å²) in [5.41, 5.74) is 7.98. The average molecular weight is 525 g/mol. The van der Waals surface area contributed by atoms with Crippen molar-refractivity contribution in [2.24, 2.45) is 5.73 Å². The minimum Gasteiger partial charge on any atom is -0.366 e. The molecule has 0 aliphatic heterocycles. The minimum absolute atomic E-state index is 0.0708. The average Bonchev–Trinajstić information content (AvgIpc) is 2.83. The number of carbonyl (C=O) groups excluding carboxylic acids is 3. The van der Waals surface area contributed by atoms with Gasteiger partial charge in [-0.2, -0.15) is 0 Å². The molecule has 2 rings (SSSR count). The van der Waals surface area contributed by atoms with Crippen LogP contribution in [-0.2, 0) is 22.4 Å². The second kappa shape index (κ2) is 14.7. The van der Waals surface area contributed by atoms with Gasteiger partial charge in [-0.25, -0.2) is 9.97 Å². The molecule has 38 heavy (non-hydrogen) atoms. The number of primary amides is 1. The third-order valence-corrected chi connectivity index (χ3v) is 5.36. The first-order valence-electron chi connectivity index (χ1n) is 12.7. The number of amides is 3. The van der Waals surface area contributed by atoms with Crippen molar-refractivity contribution in [2.45, 2.75) is 52.6 Å². The molecule has 6 N–H and O–H groups in total. The standard InChI is InChI=1S/C27H40N8O3/c1-7-21-25(30-17(2)3)34-26(23(33-21)24(28)37)32-20-11-8-10-19(16-20)13-14-29-27(38)18(4)31-22(36)12-9-15-35(5)6/h8-12,16-18H,7,13-15H2,1-6H3,(H2,28,37)(H,29,38)(H,31,36)(H2,30,32,34)/b12-9+. The number of anilines is 3. The van der Waals surface area contributed by atoms with Crippen molar-refractivity contribution in [3.05, 3.63) is 53.4 Å². The van der Waals surface area contributed by atoms with Gasteiger partial charge in [-0.1, -0.05) is 25.1 Å². The third kappa shape index (κ3) is 9.81. The van der Waals surface area contributed by atoms with Crippen LogP contribution in [0.1, 0.15) is 49.4 Å². The summed E-state index contributed by atoms with van der Waals surface area (Å²) >= 11 is 0. The van der Waals surface area contributed by atoms with Crippen LogP contribution < -0.4 is 27.0 Å². The summed E-state index contributed by atoms with van der Waals surface area (Å²) in [6.45, 7) is 8.60. The summed E-state index contributed by atoms with van der Waals surface area (Å²) in [5, 5.41) is 11.9. The Morgan fingerprint density at radius 2 is 1.84 bits per heavy atom. The molecule has 1 aromatic carbocycles. The molecule has 0 bridgehead atoms. The molecular formula is C27H40N8O3. The lowest BCUT2D eigenvalue weighted by atomic mass is 10.1. The molecular weight excluding hydrogens is 484 g/mol. The Kier molecular flexibility index (Phi) is 11.7. The van der Waals surface area contributed by atoms with Gasteiger partial charge >= 0.3 is 0 Å². The molecule has 0 saturated carbocycles. The monoisotopic (exact) mass is 524 g/mol. The van der Waals surface area contributed by atoms with Crippen molar-refractivity contribution < 1.29 is 14.4 Å². The third-order valence-electron chi connectivity index (χ3n) is 5.36. The first-order chi connectivity index (χ1) is 18.0. The number of rotatable bonds is 14. The number of nitrogens with one attached hydrogen (secondary N) is 4.